The minimum Gasteiger partial charge on any atom is -0.381 e. The van der Waals surface area contributed by atoms with E-state index in [1.807, 2.05) is 44.2 Å². The van der Waals surface area contributed by atoms with E-state index >= 15 is 0 Å². The van der Waals surface area contributed by atoms with Gasteiger partial charge >= 0.3 is 0 Å². The first-order valence-corrected chi connectivity index (χ1v) is 7.23. The highest BCUT2D eigenvalue weighted by Gasteiger charge is 2.11. The van der Waals surface area contributed by atoms with Crippen LogP contribution in [0.2, 0.25) is 0 Å². The van der Waals surface area contributed by atoms with Crippen molar-refractivity contribution in [3.63, 3.8) is 0 Å². The van der Waals surface area contributed by atoms with Gasteiger partial charge in [-0.3, -0.25) is 9.78 Å². The molecule has 4 heteroatoms. The standard InChI is InChI=1S/C17H21N3O/c1-3-14-12-18-10-9-16(14)17(21)19-11-13(2)20-15-7-5-4-6-8-15/h4-10,12-13,20H,3,11H2,1-2H3,(H,19,21). The van der Waals surface area contributed by atoms with Crippen molar-refractivity contribution in [2.24, 2.45) is 0 Å². The summed E-state index contributed by atoms with van der Waals surface area (Å²) in [5, 5.41) is 6.31. The van der Waals surface area contributed by atoms with E-state index in [1.165, 1.54) is 0 Å². The van der Waals surface area contributed by atoms with E-state index in [0.717, 1.165) is 17.7 Å². The molecule has 2 aromatic rings. The summed E-state index contributed by atoms with van der Waals surface area (Å²) in [5.74, 6) is -0.0454. The maximum absolute atomic E-state index is 12.2. The summed E-state index contributed by atoms with van der Waals surface area (Å²) in [4.78, 5) is 16.3. The molecule has 2 rings (SSSR count). The maximum atomic E-state index is 12.2. The van der Waals surface area contributed by atoms with E-state index in [-0.39, 0.29) is 11.9 Å². The lowest BCUT2D eigenvalue weighted by molar-refractivity contribution is 0.0951. The Balaban J connectivity index is 1.89. The van der Waals surface area contributed by atoms with Gasteiger partial charge in [0.25, 0.3) is 5.91 Å². The molecule has 0 fully saturated rings. The minimum absolute atomic E-state index is 0.0454. The lowest BCUT2D eigenvalue weighted by atomic mass is 10.1. The van der Waals surface area contributed by atoms with Gasteiger partial charge in [-0.2, -0.15) is 0 Å². The van der Waals surface area contributed by atoms with Gasteiger partial charge in [0.1, 0.15) is 0 Å². The van der Waals surface area contributed by atoms with Crippen LogP contribution in [0.1, 0.15) is 29.8 Å². The zero-order valence-corrected chi connectivity index (χ0v) is 12.5. The Morgan fingerprint density at radius 1 is 1.24 bits per heavy atom. The summed E-state index contributed by atoms with van der Waals surface area (Å²) < 4.78 is 0. The summed E-state index contributed by atoms with van der Waals surface area (Å²) in [6, 6.07) is 11.9. The summed E-state index contributed by atoms with van der Waals surface area (Å²) in [7, 11) is 0. The number of nitrogens with one attached hydrogen (secondary N) is 2. The van der Waals surface area contributed by atoms with Crippen LogP contribution in [0.15, 0.2) is 48.8 Å². The molecule has 1 amide bonds. The number of hydrogen-bond donors (Lipinski definition) is 2. The van der Waals surface area contributed by atoms with Gasteiger partial charge < -0.3 is 10.6 Å². The molecule has 1 atom stereocenters. The van der Waals surface area contributed by atoms with Crippen molar-refractivity contribution in [3.8, 4) is 0 Å². The topological polar surface area (TPSA) is 54.0 Å². The molecule has 1 heterocycles. The second kappa shape index (κ2) is 7.43. The fourth-order valence-electron chi connectivity index (χ4n) is 2.14. The number of benzene rings is 1. The number of carbonyl (C=O) groups is 1. The molecule has 1 aromatic heterocycles. The van der Waals surface area contributed by atoms with Crippen LogP contribution in [-0.2, 0) is 6.42 Å². The predicted molar refractivity (Wildman–Crippen MR) is 85.5 cm³/mol. The highest BCUT2D eigenvalue weighted by Crippen LogP contribution is 2.08. The van der Waals surface area contributed by atoms with E-state index in [4.69, 9.17) is 0 Å². The number of aromatic nitrogens is 1. The molecule has 0 bridgehead atoms. The Bertz CT molecular complexity index is 584. The second-order valence-electron chi connectivity index (χ2n) is 5.01. The highest BCUT2D eigenvalue weighted by atomic mass is 16.1. The number of rotatable bonds is 6. The molecule has 0 aliphatic carbocycles. The zero-order valence-electron chi connectivity index (χ0n) is 12.5. The van der Waals surface area contributed by atoms with Crippen LogP contribution >= 0.6 is 0 Å². The number of carbonyl (C=O) groups excluding carboxylic acids is 1. The number of pyridine rings is 1. The number of anilines is 1. The molecule has 2 N–H and O–H groups in total. The van der Waals surface area contributed by atoms with Crippen molar-refractivity contribution in [1.29, 1.82) is 0 Å². The average Bonchev–Trinajstić information content (AvgIpc) is 2.53. The fourth-order valence-corrected chi connectivity index (χ4v) is 2.14. The molecule has 21 heavy (non-hydrogen) atoms. The van der Waals surface area contributed by atoms with Crippen molar-refractivity contribution in [1.82, 2.24) is 10.3 Å². The van der Waals surface area contributed by atoms with Crippen molar-refractivity contribution >= 4 is 11.6 Å². The van der Waals surface area contributed by atoms with Crippen LogP contribution in [0.25, 0.3) is 0 Å². The van der Waals surface area contributed by atoms with Gasteiger partial charge in [0, 0.05) is 36.2 Å². The van der Waals surface area contributed by atoms with Gasteiger partial charge in [-0.1, -0.05) is 25.1 Å². The number of hydrogen-bond acceptors (Lipinski definition) is 3. The number of amides is 1. The van der Waals surface area contributed by atoms with Gasteiger partial charge in [-0.15, -0.1) is 0 Å². The Morgan fingerprint density at radius 2 is 2.00 bits per heavy atom. The molecule has 0 saturated heterocycles. The van der Waals surface area contributed by atoms with Gasteiger partial charge in [-0.05, 0) is 37.1 Å². The molecule has 4 nitrogen and oxygen atoms in total. The number of para-hydroxylation sites is 1. The minimum atomic E-state index is -0.0454. The molecule has 1 aromatic carbocycles. The predicted octanol–water partition coefficient (Wildman–Crippen LogP) is 2.87. The van der Waals surface area contributed by atoms with E-state index in [1.54, 1.807) is 18.5 Å². The zero-order chi connectivity index (χ0) is 15.1. The van der Waals surface area contributed by atoms with Crippen LogP contribution in [0, 0.1) is 0 Å². The number of aryl methyl sites for hydroxylation is 1. The van der Waals surface area contributed by atoms with Crippen LogP contribution in [0.4, 0.5) is 5.69 Å². The third kappa shape index (κ3) is 4.31. The molecule has 0 aliphatic heterocycles. The maximum Gasteiger partial charge on any atom is 0.251 e. The van der Waals surface area contributed by atoms with E-state index in [2.05, 4.69) is 15.6 Å². The van der Waals surface area contributed by atoms with Gasteiger partial charge in [0.05, 0.1) is 0 Å². The summed E-state index contributed by atoms with van der Waals surface area (Å²) in [6.45, 7) is 4.63. The fraction of sp³-hybridized carbons (Fsp3) is 0.294. The SMILES string of the molecule is CCc1cnccc1C(=O)NCC(C)Nc1ccccc1. The summed E-state index contributed by atoms with van der Waals surface area (Å²) in [5.41, 5.74) is 2.73. The lowest BCUT2D eigenvalue weighted by Crippen LogP contribution is -2.35. The Labute approximate surface area is 125 Å². The molecule has 0 radical (unpaired) electrons. The number of nitrogens with zero attached hydrogens (tertiary/aromatic N) is 1. The smallest absolute Gasteiger partial charge is 0.251 e. The first-order chi connectivity index (χ1) is 10.2. The average molecular weight is 283 g/mol. The van der Waals surface area contributed by atoms with Crippen LogP contribution in [0.5, 0.6) is 0 Å². The van der Waals surface area contributed by atoms with E-state index in [9.17, 15) is 4.79 Å². The van der Waals surface area contributed by atoms with Crippen molar-refractivity contribution in [2.75, 3.05) is 11.9 Å². The van der Waals surface area contributed by atoms with Gasteiger partial charge in [0.15, 0.2) is 0 Å². The van der Waals surface area contributed by atoms with Crippen LogP contribution in [0.3, 0.4) is 0 Å². The quantitative estimate of drug-likeness (QED) is 0.857. The van der Waals surface area contributed by atoms with Crippen molar-refractivity contribution < 1.29 is 4.79 Å². The third-order valence-electron chi connectivity index (χ3n) is 3.28. The molecule has 1 unspecified atom stereocenters. The van der Waals surface area contributed by atoms with E-state index in [0.29, 0.717) is 12.1 Å². The monoisotopic (exact) mass is 283 g/mol. The molecule has 110 valence electrons. The Kier molecular flexibility index (Phi) is 5.32. The second-order valence-corrected chi connectivity index (χ2v) is 5.01. The third-order valence-corrected chi connectivity index (χ3v) is 3.28. The van der Waals surface area contributed by atoms with Crippen molar-refractivity contribution in [2.45, 2.75) is 26.3 Å². The summed E-state index contributed by atoms with van der Waals surface area (Å²) >= 11 is 0. The molecular weight excluding hydrogens is 262 g/mol. The lowest BCUT2D eigenvalue weighted by Gasteiger charge is -2.16. The normalized spacial score (nSPS) is 11.7. The Hall–Kier alpha value is -2.36. The molecule has 0 spiro atoms. The van der Waals surface area contributed by atoms with Gasteiger partial charge in [-0.25, -0.2) is 0 Å². The largest absolute Gasteiger partial charge is 0.381 e. The van der Waals surface area contributed by atoms with E-state index < -0.39 is 0 Å². The van der Waals surface area contributed by atoms with Crippen molar-refractivity contribution in [3.05, 3.63) is 59.9 Å². The summed E-state index contributed by atoms with van der Waals surface area (Å²) in [6.07, 6.45) is 4.20. The molecular formula is C17H21N3O. The van der Waals surface area contributed by atoms with Gasteiger partial charge in [0.2, 0.25) is 0 Å². The molecule has 0 saturated carbocycles. The molecule has 0 aliphatic rings. The first-order valence-electron chi connectivity index (χ1n) is 7.23. The van der Waals surface area contributed by atoms with Crippen LogP contribution < -0.4 is 10.6 Å². The first kappa shape index (κ1) is 15.0. The van der Waals surface area contributed by atoms with Crippen LogP contribution in [-0.4, -0.2) is 23.5 Å². The Morgan fingerprint density at radius 3 is 2.71 bits per heavy atom. The highest BCUT2D eigenvalue weighted by molar-refractivity contribution is 5.95.